The van der Waals surface area contributed by atoms with E-state index in [1.165, 1.54) is 24.5 Å². The number of carbonyl (C=O) groups excluding carboxylic acids is 2. The molecule has 8 nitrogen and oxygen atoms in total. The monoisotopic (exact) mass is 488 g/mol. The van der Waals surface area contributed by atoms with Crippen molar-refractivity contribution in [3.05, 3.63) is 81.4 Å². The standard InChI is InChI=1S/C26H20N2O6S/c1-3-33-20-9-6-10-21-23(20)28(14-22(29)32-2)26(35-21)27-24(30)18-13-17-16-8-5-4-7-15(16)11-12-19(17)34-25(18)31/h4-13H,3,14H2,1-2H3. The summed E-state index contributed by atoms with van der Waals surface area (Å²) in [5.41, 5.74) is 0.0280. The Morgan fingerprint density at radius 3 is 2.69 bits per heavy atom. The molecule has 5 rings (SSSR count). The van der Waals surface area contributed by atoms with Gasteiger partial charge in [0.2, 0.25) is 0 Å². The minimum absolute atomic E-state index is 0.177. The Labute approximate surface area is 202 Å². The molecule has 9 heteroatoms. The third-order valence-electron chi connectivity index (χ3n) is 5.55. The lowest BCUT2D eigenvalue weighted by molar-refractivity contribution is -0.141. The molecule has 0 aliphatic rings. The largest absolute Gasteiger partial charge is 0.492 e. The number of ether oxygens (including phenoxy) is 2. The summed E-state index contributed by atoms with van der Waals surface area (Å²) in [6.45, 7) is 2.10. The topological polar surface area (TPSA) is 100 Å². The number of methoxy groups -OCH3 is 1. The smallest absolute Gasteiger partial charge is 0.349 e. The Morgan fingerprint density at radius 1 is 1.06 bits per heavy atom. The van der Waals surface area contributed by atoms with Gasteiger partial charge in [-0.1, -0.05) is 47.7 Å². The molecule has 3 aromatic carbocycles. The number of aromatic nitrogens is 1. The van der Waals surface area contributed by atoms with Crippen LogP contribution in [0.5, 0.6) is 5.75 Å². The SMILES string of the molecule is CCOc1cccc2sc(=NC(=O)c3cc4c(ccc5ccccc54)oc3=O)n(CC(=O)OC)c12. The zero-order chi connectivity index (χ0) is 24.5. The van der Waals surface area contributed by atoms with Crippen molar-refractivity contribution in [1.29, 1.82) is 0 Å². The van der Waals surface area contributed by atoms with Crippen LogP contribution in [0, 0.1) is 0 Å². The summed E-state index contributed by atoms with van der Waals surface area (Å²) in [6.07, 6.45) is 0. The van der Waals surface area contributed by atoms with Crippen LogP contribution in [0.4, 0.5) is 0 Å². The molecule has 1 amide bonds. The summed E-state index contributed by atoms with van der Waals surface area (Å²) < 4.78 is 18.3. The van der Waals surface area contributed by atoms with E-state index in [-0.39, 0.29) is 16.9 Å². The first-order valence-electron chi connectivity index (χ1n) is 10.9. The number of nitrogens with zero attached hydrogens (tertiary/aromatic N) is 2. The van der Waals surface area contributed by atoms with E-state index in [1.807, 2.05) is 49.4 Å². The fraction of sp³-hybridized carbons (Fsp3) is 0.154. The maximum absolute atomic E-state index is 13.2. The van der Waals surface area contributed by atoms with Crippen LogP contribution >= 0.6 is 11.3 Å². The molecule has 0 fully saturated rings. The third-order valence-corrected chi connectivity index (χ3v) is 6.59. The molecule has 0 aliphatic heterocycles. The highest BCUT2D eigenvalue weighted by molar-refractivity contribution is 7.16. The first-order valence-corrected chi connectivity index (χ1v) is 11.7. The second-order valence-corrected chi connectivity index (χ2v) is 8.65. The molecule has 0 bridgehead atoms. The van der Waals surface area contributed by atoms with Gasteiger partial charge < -0.3 is 18.5 Å². The van der Waals surface area contributed by atoms with Crippen molar-refractivity contribution in [2.75, 3.05) is 13.7 Å². The lowest BCUT2D eigenvalue weighted by Crippen LogP contribution is -2.23. The summed E-state index contributed by atoms with van der Waals surface area (Å²) in [7, 11) is 1.29. The highest BCUT2D eigenvalue weighted by atomic mass is 32.1. The zero-order valence-electron chi connectivity index (χ0n) is 18.9. The molecule has 0 saturated heterocycles. The number of hydrogen-bond acceptors (Lipinski definition) is 7. The summed E-state index contributed by atoms with van der Waals surface area (Å²) >= 11 is 1.21. The summed E-state index contributed by atoms with van der Waals surface area (Å²) in [5.74, 6) is -0.728. The molecule has 35 heavy (non-hydrogen) atoms. The number of para-hydroxylation sites is 1. The van der Waals surface area contributed by atoms with Gasteiger partial charge >= 0.3 is 11.6 Å². The van der Waals surface area contributed by atoms with Crippen LogP contribution in [0.3, 0.4) is 0 Å². The molecule has 2 heterocycles. The van der Waals surface area contributed by atoms with Gasteiger partial charge in [-0.05, 0) is 42.0 Å². The van der Waals surface area contributed by atoms with E-state index in [2.05, 4.69) is 4.99 Å². The number of rotatable bonds is 5. The third kappa shape index (κ3) is 4.10. The summed E-state index contributed by atoms with van der Waals surface area (Å²) in [6, 6.07) is 18.1. The lowest BCUT2D eigenvalue weighted by atomic mass is 10.0. The zero-order valence-corrected chi connectivity index (χ0v) is 19.8. The molecule has 0 aliphatic carbocycles. The maximum Gasteiger partial charge on any atom is 0.349 e. The first kappa shape index (κ1) is 22.5. The van der Waals surface area contributed by atoms with Gasteiger partial charge in [0.05, 0.1) is 18.4 Å². The molecular weight excluding hydrogens is 468 g/mol. The van der Waals surface area contributed by atoms with Crippen molar-refractivity contribution < 1.29 is 23.5 Å². The molecule has 0 saturated carbocycles. The average Bonchev–Trinajstić information content (AvgIpc) is 3.20. The molecule has 2 aromatic heterocycles. The van der Waals surface area contributed by atoms with Gasteiger partial charge in [-0.2, -0.15) is 4.99 Å². The van der Waals surface area contributed by atoms with Crippen molar-refractivity contribution in [3.8, 4) is 5.75 Å². The molecule has 5 aromatic rings. The van der Waals surface area contributed by atoms with Crippen molar-refractivity contribution in [1.82, 2.24) is 4.57 Å². The molecule has 176 valence electrons. The number of amides is 1. The maximum atomic E-state index is 13.2. The predicted molar refractivity (Wildman–Crippen MR) is 133 cm³/mol. The Bertz CT molecular complexity index is 1740. The Hall–Kier alpha value is -4.24. The molecular formula is C26H20N2O6S. The number of benzene rings is 3. The van der Waals surface area contributed by atoms with E-state index >= 15 is 0 Å². The van der Waals surface area contributed by atoms with Crippen LogP contribution in [0.1, 0.15) is 17.3 Å². The van der Waals surface area contributed by atoms with Gasteiger partial charge in [-0.3, -0.25) is 9.59 Å². The van der Waals surface area contributed by atoms with Gasteiger partial charge in [0, 0.05) is 5.39 Å². The van der Waals surface area contributed by atoms with Gasteiger partial charge in [0.15, 0.2) is 4.80 Å². The van der Waals surface area contributed by atoms with Crippen molar-refractivity contribution in [3.63, 3.8) is 0 Å². The average molecular weight is 489 g/mol. The van der Waals surface area contributed by atoms with Gasteiger partial charge in [-0.15, -0.1) is 0 Å². The molecule has 0 radical (unpaired) electrons. The normalized spacial score (nSPS) is 11.9. The van der Waals surface area contributed by atoms with Crippen LogP contribution in [-0.4, -0.2) is 30.2 Å². The van der Waals surface area contributed by atoms with E-state index in [9.17, 15) is 14.4 Å². The van der Waals surface area contributed by atoms with E-state index in [0.717, 1.165) is 15.5 Å². The molecule has 0 atom stereocenters. The number of esters is 1. The van der Waals surface area contributed by atoms with Crippen molar-refractivity contribution in [2.24, 2.45) is 4.99 Å². The van der Waals surface area contributed by atoms with E-state index in [4.69, 9.17) is 13.9 Å². The number of carbonyl (C=O) groups is 2. The van der Waals surface area contributed by atoms with Gasteiger partial charge in [-0.25, -0.2) is 4.79 Å². The lowest BCUT2D eigenvalue weighted by Gasteiger charge is -2.08. The second kappa shape index (κ2) is 9.19. The summed E-state index contributed by atoms with van der Waals surface area (Å²) in [5, 5.41) is 2.44. The minimum atomic E-state index is -0.780. The van der Waals surface area contributed by atoms with E-state index in [0.29, 0.717) is 28.8 Å². The number of fused-ring (bicyclic) bond motifs is 4. The fourth-order valence-electron chi connectivity index (χ4n) is 3.96. The predicted octanol–water partition coefficient (Wildman–Crippen LogP) is 4.28. The Kier molecular flexibility index (Phi) is 5.92. The van der Waals surface area contributed by atoms with Crippen LogP contribution in [0.15, 0.2) is 74.9 Å². The highest BCUT2D eigenvalue weighted by Gasteiger charge is 2.18. The van der Waals surface area contributed by atoms with Gasteiger partial charge in [0.25, 0.3) is 5.91 Å². The Balaban J connectivity index is 1.71. The number of thiazole rings is 1. The van der Waals surface area contributed by atoms with Crippen LogP contribution < -0.4 is 15.2 Å². The fourth-order valence-corrected chi connectivity index (χ4v) is 5.01. The molecule has 0 N–H and O–H groups in total. The second-order valence-electron chi connectivity index (χ2n) is 7.65. The van der Waals surface area contributed by atoms with Crippen molar-refractivity contribution in [2.45, 2.75) is 13.5 Å². The van der Waals surface area contributed by atoms with Gasteiger partial charge in [0.1, 0.15) is 29.0 Å². The van der Waals surface area contributed by atoms with Crippen LogP contribution in [-0.2, 0) is 16.1 Å². The van der Waals surface area contributed by atoms with E-state index in [1.54, 1.807) is 16.7 Å². The highest BCUT2D eigenvalue weighted by Crippen LogP contribution is 2.28. The van der Waals surface area contributed by atoms with Crippen LogP contribution in [0.25, 0.3) is 32.0 Å². The molecule has 0 unspecified atom stereocenters. The Morgan fingerprint density at radius 2 is 1.89 bits per heavy atom. The number of hydrogen-bond donors (Lipinski definition) is 0. The van der Waals surface area contributed by atoms with Crippen LogP contribution in [0.2, 0.25) is 0 Å². The quantitative estimate of drug-likeness (QED) is 0.208. The first-order chi connectivity index (χ1) is 17.0. The van der Waals surface area contributed by atoms with Crippen molar-refractivity contribution >= 4 is 55.2 Å². The minimum Gasteiger partial charge on any atom is -0.492 e. The molecule has 0 spiro atoms. The summed E-state index contributed by atoms with van der Waals surface area (Å²) in [4.78, 5) is 42.5. The van der Waals surface area contributed by atoms with E-state index < -0.39 is 17.5 Å².